The number of aromatic nitrogens is 2. The molecule has 0 amide bonds. The van der Waals surface area contributed by atoms with Gasteiger partial charge in [0.1, 0.15) is 12.9 Å². The fourth-order valence-corrected chi connectivity index (χ4v) is 0.865. The lowest BCUT2D eigenvalue weighted by molar-refractivity contribution is 0.242. The zero-order valence-corrected chi connectivity index (χ0v) is 7.39. The van der Waals surface area contributed by atoms with Gasteiger partial charge in [-0.1, -0.05) is 0 Å². The summed E-state index contributed by atoms with van der Waals surface area (Å²) in [5.41, 5.74) is 5.37. The third-order valence-corrected chi connectivity index (χ3v) is 1.49. The van der Waals surface area contributed by atoms with E-state index in [1.807, 2.05) is 13.8 Å². The molecule has 0 unspecified atom stereocenters. The molecule has 0 radical (unpaired) electrons. The highest BCUT2D eigenvalue weighted by atomic mass is 32.1. The topological polar surface area (TPSA) is 61.0 Å². The van der Waals surface area contributed by atoms with Crippen LogP contribution in [0.2, 0.25) is 0 Å². The van der Waals surface area contributed by atoms with Crippen LogP contribution in [-0.2, 0) is 0 Å². The van der Waals surface area contributed by atoms with Gasteiger partial charge in [-0.15, -0.1) is 0 Å². The highest BCUT2D eigenvalue weighted by molar-refractivity contribution is 7.07. The summed E-state index contributed by atoms with van der Waals surface area (Å²) in [6, 6.07) is 0. The van der Waals surface area contributed by atoms with Gasteiger partial charge < -0.3 is 10.5 Å². The number of rotatable bonds is 3. The van der Waals surface area contributed by atoms with Crippen LogP contribution < -0.4 is 10.5 Å². The third kappa shape index (κ3) is 3.29. The normalized spacial score (nSPS) is 11.5. The standard InChI is InChI=1S/C6H11N3OS/c1-6(2,7)3-10-5-8-4-9-11-5/h4H,3,7H2,1-2H3. The van der Waals surface area contributed by atoms with Crippen LogP contribution in [0.25, 0.3) is 0 Å². The average molecular weight is 173 g/mol. The Labute approximate surface area is 69.6 Å². The van der Waals surface area contributed by atoms with Crippen molar-refractivity contribution in [1.29, 1.82) is 0 Å². The molecule has 1 rings (SSSR count). The van der Waals surface area contributed by atoms with E-state index >= 15 is 0 Å². The van der Waals surface area contributed by atoms with Crippen molar-refractivity contribution in [2.75, 3.05) is 6.61 Å². The fraction of sp³-hybridized carbons (Fsp3) is 0.667. The predicted molar refractivity (Wildman–Crippen MR) is 43.7 cm³/mol. The maximum absolute atomic E-state index is 5.68. The van der Waals surface area contributed by atoms with Crippen molar-refractivity contribution in [2.45, 2.75) is 19.4 Å². The maximum atomic E-state index is 5.68. The van der Waals surface area contributed by atoms with Gasteiger partial charge in [0.2, 0.25) is 0 Å². The first-order valence-corrected chi connectivity index (χ1v) is 4.04. The van der Waals surface area contributed by atoms with Crippen LogP contribution in [0.1, 0.15) is 13.8 Å². The Morgan fingerprint density at radius 3 is 2.91 bits per heavy atom. The first-order valence-electron chi connectivity index (χ1n) is 3.26. The van der Waals surface area contributed by atoms with Crippen molar-refractivity contribution < 1.29 is 4.74 Å². The van der Waals surface area contributed by atoms with E-state index in [1.54, 1.807) is 0 Å². The Kier molecular flexibility index (Phi) is 2.41. The highest BCUT2D eigenvalue weighted by Crippen LogP contribution is 2.11. The summed E-state index contributed by atoms with van der Waals surface area (Å²) >= 11 is 1.22. The minimum absolute atomic E-state index is 0.314. The van der Waals surface area contributed by atoms with Crippen molar-refractivity contribution in [2.24, 2.45) is 5.73 Å². The fourth-order valence-electron chi connectivity index (χ4n) is 0.474. The minimum Gasteiger partial charge on any atom is -0.467 e. The van der Waals surface area contributed by atoms with Crippen LogP contribution in [0.4, 0.5) is 0 Å². The van der Waals surface area contributed by atoms with E-state index in [0.29, 0.717) is 11.8 Å². The zero-order chi connectivity index (χ0) is 8.32. The lowest BCUT2D eigenvalue weighted by atomic mass is 10.1. The number of ether oxygens (including phenoxy) is 1. The van der Waals surface area contributed by atoms with Crippen molar-refractivity contribution in [3.8, 4) is 5.19 Å². The largest absolute Gasteiger partial charge is 0.467 e. The Bertz CT molecular complexity index is 204. The molecule has 0 aliphatic rings. The second-order valence-electron chi connectivity index (χ2n) is 2.98. The molecule has 0 bridgehead atoms. The maximum Gasteiger partial charge on any atom is 0.292 e. The monoisotopic (exact) mass is 173 g/mol. The second kappa shape index (κ2) is 3.15. The second-order valence-corrected chi connectivity index (χ2v) is 3.73. The predicted octanol–water partition coefficient (Wildman–Crippen LogP) is 0.654. The van der Waals surface area contributed by atoms with Crippen LogP contribution in [0.5, 0.6) is 5.19 Å². The van der Waals surface area contributed by atoms with Crippen LogP contribution in [0.3, 0.4) is 0 Å². The molecule has 0 spiro atoms. The van der Waals surface area contributed by atoms with Gasteiger partial charge in [-0.2, -0.15) is 9.36 Å². The van der Waals surface area contributed by atoms with Gasteiger partial charge in [-0.05, 0) is 13.8 Å². The molecule has 0 aliphatic carbocycles. The van der Waals surface area contributed by atoms with E-state index < -0.39 is 0 Å². The van der Waals surface area contributed by atoms with E-state index in [1.165, 1.54) is 17.9 Å². The van der Waals surface area contributed by atoms with Crippen LogP contribution in [-0.4, -0.2) is 21.5 Å². The van der Waals surface area contributed by atoms with E-state index in [2.05, 4.69) is 9.36 Å². The molecule has 0 fully saturated rings. The van der Waals surface area contributed by atoms with Crippen LogP contribution in [0, 0.1) is 0 Å². The Morgan fingerprint density at radius 2 is 2.45 bits per heavy atom. The van der Waals surface area contributed by atoms with E-state index in [-0.39, 0.29) is 5.54 Å². The number of hydrogen-bond donors (Lipinski definition) is 1. The molecule has 11 heavy (non-hydrogen) atoms. The molecule has 0 aliphatic heterocycles. The van der Waals surface area contributed by atoms with Gasteiger partial charge >= 0.3 is 0 Å². The molecule has 1 aromatic rings. The molecule has 5 heteroatoms. The van der Waals surface area contributed by atoms with Crippen molar-refractivity contribution >= 4 is 11.5 Å². The summed E-state index contributed by atoms with van der Waals surface area (Å²) in [6.45, 7) is 4.25. The zero-order valence-electron chi connectivity index (χ0n) is 6.57. The Morgan fingerprint density at radius 1 is 1.73 bits per heavy atom. The molecule has 2 N–H and O–H groups in total. The highest BCUT2D eigenvalue weighted by Gasteiger charge is 2.12. The van der Waals surface area contributed by atoms with E-state index in [4.69, 9.17) is 10.5 Å². The van der Waals surface area contributed by atoms with Gasteiger partial charge in [-0.25, -0.2) is 0 Å². The molecule has 1 heterocycles. The first-order chi connectivity index (χ1) is 5.08. The molecule has 0 saturated carbocycles. The van der Waals surface area contributed by atoms with Crippen LogP contribution >= 0.6 is 11.5 Å². The smallest absolute Gasteiger partial charge is 0.292 e. The molecular formula is C6H11N3OS. The van der Waals surface area contributed by atoms with Gasteiger partial charge in [-0.3, -0.25) is 0 Å². The van der Waals surface area contributed by atoms with Gasteiger partial charge in [0.15, 0.2) is 0 Å². The van der Waals surface area contributed by atoms with Gasteiger partial charge in [0.25, 0.3) is 5.19 Å². The summed E-state index contributed by atoms with van der Waals surface area (Å²) in [5.74, 6) is 0. The first kappa shape index (κ1) is 8.42. The summed E-state index contributed by atoms with van der Waals surface area (Å²) in [6.07, 6.45) is 1.46. The van der Waals surface area contributed by atoms with E-state index in [0.717, 1.165) is 0 Å². The molecule has 0 aromatic carbocycles. The minimum atomic E-state index is -0.314. The molecule has 1 aromatic heterocycles. The SMILES string of the molecule is CC(C)(N)COc1ncns1. The Balaban J connectivity index is 2.35. The lowest BCUT2D eigenvalue weighted by Crippen LogP contribution is -2.38. The summed E-state index contributed by atoms with van der Waals surface area (Å²) in [4.78, 5) is 3.85. The van der Waals surface area contributed by atoms with E-state index in [9.17, 15) is 0 Å². The summed E-state index contributed by atoms with van der Waals surface area (Å²) in [5, 5.41) is 0.573. The van der Waals surface area contributed by atoms with Gasteiger partial charge in [0, 0.05) is 17.1 Å². The van der Waals surface area contributed by atoms with Crippen molar-refractivity contribution in [3.05, 3.63) is 6.33 Å². The molecule has 0 saturated heterocycles. The number of hydrogen-bond acceptors (Lipinski definition) is 5. The summed E-state index contributed by atoms with van der Waals surface area (Å²) in [7, 11) is 0. The average Bonchev–Trinajstić information content (AvgIpc) is 2.32. The quantitative estimate of drug-likeness (QED) is 0.729. The van der Waals surface area contributed by atoms with Crippen molar-refractivity contribution in [1.82, 2.24) is 9.36 Å². The molecule has 4 nitrogen and oxygen atoms in total. The Hall–Kier alpha value is -0.680. The summed E-state index contributed by atoms with van der Waals surface area (Å²) < 4.78 is 9.02. The number of nitrogens with two attached hydrogens (primary N) is 1. The van der Waals surface area contributed by atoms with Crippen LogP contribution in [0.15, 0.2) is 6.33 Å². The van der Waals surface area contributed by atoms with Gasteiger partial charge in [0.05, 0.1) is 0 Å². The van der Waals surface area contributed by atoms with Crippen molar-refractivity contribution in [3.63, 3.8) is 0 Å². The number of nitrogens with zero attached hydrogens (tertiary/aromatic N) is 2. The lowest BCUT2D eigenvalue weighted by Gasteiger charge is -2.16. The third-order valence-electron chi connectivity index (χ3n) is 0.909. The molecule has 62 valence electrons. The molecular weight excluding hydrogens is 162 g/mol. The molecule has 0 atom stereocenters.